The quantitative estimate of drug-likeness (QED) is 0.662. The van der Waals surface area contributed by atoms with Gasteiger partial charge in [0.05, 0.1) is 0 Å². The second-order valence-electron chi connectivity index (χ2n) is 4.93. The lowest BCUT2D eigenvalue weighted by Crippen LogP contribution is -2.27. The highest BCUT2D eigenvalue weighted by atomic mass is 14.9. The molecule has 0 aromatic rings. The Labute approximate surface area is 89.0 Å². The molecule has 1 aliphatic carbocycles. The van der Waals surface area contributed by atoms with Crippen LogP contribution in [0.25, 0.3) is 0 Å². The van der Waals surface area contributed by atoms with Crippen molar-refractivity contribution in [3.8, 4) is 0 Å². The maximum Gasteiger partial charge on any atom is 0.0104 e. The molecule has 14 heavy (non-hydrogen) atoms. The van der Waals surface area contributed by atoms with Gasteiger partial charge in [-0.25, -0.2) is 0 Å². The van der Waals surface area contributed by atoms with Crippen LogP contribution in [0.4, 0.5) is 0 Å². The number of allylic oxidation sites excluding steroid dienone is 1. The summed E-state index contributed by atoms with van der Waals surface area (Å²) in [6.07, 6.45) is 10.5. The molecule has 1 heteroatoms. The van der Waals surface area contributed by atoms with Crippen LogP contribution in [0, 0.1) is 5.92 Å². The van der Waals surface area contributed by atoms with Crippen LogP contribution < -0.4 is 5.32 Å². The lowest BCUT2D eigenvalue weighted by atomic mass is 9.91. The van der Waals surface area contributed by atoms with Gasteiger partial charge in [0.25, 0.3) is 0 Å². The van der Waals surface area contributed by atoms with Gasteiger partial charge in [-0.15, -0.1) is 0 Å². The zero-order chi connectivity index (χ0) is 10.4. The van der Waals surface area contributed by atoms with E-state index in [1.807, 2.05) is 0 Å². The van der Waals surface area contributed by atoms with Crippen molar-refractivity contribution in [2.45, 2.75) is 58.4 Å². The molecule has 0 heterocycles. The molecular formula is C13H25N. The average Bonchev–Trinajstić information content (AvgIpc) is 2.17. The summed E-state index contributed by atoms with van der Waals surface area (Å²) in [7, 11) is 2.09. The third-order valence-electron chi connectivity index (χ3n) is 3.06. The van der Waals surface area contributed by atoms with Crippen molar-refractivity contribution >= 4 is 0 Å². The number of hydrogen-bond acceptors (Lipinski definition) is 1. The Morgan fingerprint density at radius 1 is 1.36 bits per heavy atom. The fraction of sp³-hybridized carbons (Fsp3) is 0.846. The molecule has 1 N–H and O–H groups in total. The largest absolute Gasteiger partial charge is 0.317 e. The van der Waals surface area contributed by atoms with Crippen LogP contribution in [-0.2, 0) is 0 Å². The zero-order valence-electron chi connectivity index (χ0n) is 9.97. The van der Waals surface area contributed by atoms with E-state index in [9.17, 15) is 0 Å². The molecule has 1 aliphatic rings. The molecule has 1 nitrogen and oxygen atoms in total. The van der Waals surface area contributed by atoms with Gasteiger partial charge in [-0.2, -0.15) is 0 Å². The highest BCUT2D eigenvalue weighted by molar-refractivity contribution is 5.06. The molecule has 0 aromatic heterocycles. The summed E-state index contributed by atoms with van der Waals surface area (Å²) in [5.74, 6) is 0.802. The van der Waals surface area contributed by atoms with Gasteiger partial charge in [0.15, 0.2) is 0 Å². The normalized spacial score (nSPS) is 19.6. The van der Waals surface area contributed by atoms with Crippen molar-refractivity contribution < 1.29 is 0 Å². The van der Waals surface area contributed by atoms with Gasteiger partial charge in [0.1, 0.15) is 0 Å². The minimum Gasteiger partial charge on any atom is -0.317 e. The standard InChI is InChI=1S/C13H25N/c1-11(2)9-13(14-3)10-12-7-5-4-6-8-12/h7,11,13-14H,4-6,8-10H2,1-3H3. The minimum atomic E-state index is 0.694. The zero-order valence-corrected chi connectivity index (χ0v) is 9.97. The Kier molecular flexibility index (Phi) is 5.24. The minimum absolute atomic E-state index is 0.694. The van der Waals surface area contributed by atoms with Gasteiger partial charge in [0.2, 0.25) is 0 Å². The molecular weight excluding hydrogens is 170 g/mol. The van der Waals surface area contributed by atoms with Gasteiger partial charge >= 0.3 is 0 Å². The van der Waals surface area contributed by atoms with Gasteiger partial charge in [0, 0.05) is 6.04 Å². The van der Waals surface area contributed by atoms with E-state index in [4.69, 9.17) is 0 Å². The highest BCUT2D eigenvalue weighted by Crippen LogP contribution is 2.23. The summed E-state index contributed by atoms with van der Waals surface area (Å²) in [5.41, 5.74) is 1.69. The van der Waals surface area contributed by atoms with Crippen LogP contribution >= 0.6 is 0 Å². The summed E-state index contributed by atoms with van der Waals surface area (Å²) < 4.78 is 0. The van der Waals surface area contributed by atoms with Gasteiger partial charge in [-0.3, -0.25) is 0 Å². The Morgan fingerprint density at radius 3 is 2.64 bits per heavy atom. The average molecular weight is 195 g/mol. The van der Waals surface area contributed by atoms with E-state index in [0.717, 1.165) is 5.92 Å². The molecule has 82 valence electrons. The van der Waals surface area contributed by atoms with Crippen molar-refractivity contribution in [1.82, 2.24) is 5.32 Å². The van der Waals surface area contributed by atoms with Crippen molar-refractivity contribution in [1.29, 1.82) is 0 Å². The van der Waals surface area contributed by atoms with E-state index < -0.39 is 0 Å². The van der Waals surface area contributed by atoms with Crippen LogP contribution in [0.3, 0.4) is 0 Å². The predicted octanol–water partition coefficient (Wildman–Crippen LogP) is 3.51. The summed E-state index contributed by atoms with van der Waals surface area (Å²) in [6.45, 7) is 4.61. The van der Waals surface area contributed by atoms with Crippen molar-refractivity contribution in [2.75, 3.05) is 7.05 Å². The predicted molar refractivity (Wildman–Crippen MR) is 63.5 cm³/mol. The molecule has 0 amide bonds. The first kappa shape index (κ1) is 11.8. The number of rotatable bonds is 5. The molecule has 0 spiro atoms. The summed E-state index contributed by atoms with van der Waals surface area (Å²) in [5, 5.41) is 3.44. The molecule has 0 aromatic carbocycles. The third-order valence-corrected chi connectivity index (χ3v) is 3.06. The Hall–Kier alpha value is -0.300. The highest BCUT2D eigenvalue weighted by Gasteiger charge is 2.12. The summed E-state index contributed by atoms with van der Waals surface area (Å²) >= 11 is 0. The number of nitrogens with one attached hydrogen (secondary N) is 1. The first-order valence-electron chi connectivity index (χ1n) is 6.07. The second-order valence-corrected chi connectivity index (χ2v) is 4.93. The fourth-order valence-electron chi connectivity index (χ4n) is 2.28. The third kappa shape index (κ3) is 4.28. The van der Waals surface area contributed by atoms with Crippen molar-refractivity contribution in [3.05, 3.63) is 11.6 Å². The molecule has 1 atom stereocenters. The maximum absolute atomic E-state index is 3.44. The van der Waals surface area contributed by atoms with Crippen LogP contribution in [0.5, 0.6) is 0 Å². The smallest absolute Gasteiger partial charge is 0.0104 e. The Balaban J connectivity index is 2.35. The van der Waals surface area contributed by atoms with Crippen molar-refractivity contribution in [3.63, 3.8) is 0 Å². The Morgan fingerprint density at radius 2 is 2.14 bits per heavy atom. The Bertz CT molecular complexity index is 182. The molecule has 0 aliphatic heterocycles. The molecule has 0 radical (unpaired) electrons. The SMILES string of the molecule is CNC(CC1=CCCCC1)CC(C)C. The molecule has 1 unspecified atom stereocenters. The van der Waals surface area contributed by atoms with Gasteiger partial charge < -0.3 is 5.32 Å². The second kappa shape index (κ2) is 6.23. The fourth-order valence-corrected chi connectivity index (χ4v) is 2.28. The van der Waals surface area contributed by atoms with Crippen LogP contribution in [0.1, 0.15) is 52.4 Å². The van der Waals surface area contributed by atoms with E-state index in [0.29, 0.717) is 6.04 Å². The first-order chi connectivity index (χ1) is 6.72. The lowest BCUT2D eigenvalue weighted by molar-refractivity contribution is 0.433. The van der Waals surface area contributed by atoms with Crippen LogP contribution in [0.2, 0.25) is 0 Å². The molecule has 0 bridgehead atoms. The van der Waals surface area contributed by atoms with Gasteiger partial charge in [-0.05, 0) is 51.5 Å². The topological polar surface area (TPSA) is 12.0 Å². The molecule has 0 saturated carbocycles. The van der Waals surface area contributed by atoms with Gasteiger partial charge in [-0.1, -0.05) is 25.5 Å². The first-order valence-corrected chi connectivity index (χ1v) is 6.07. The van der Waals surface area contributed by atoms with E-state index in [1.54, 1.807) is 5.57 Å². The molecule has 0 saturated heterocycles. The van der Waals surface area contributed by atoms with Crippen LogP contribution in [0.15, 0.2) is 11.6 Å². The van der Waals surface area contributed by atoms with Crippen LogP contribution in [-0.4, -0.2) is 13.1 Å². The summed E-state index contributed by atoms with van der Waals surface area (Å²) in [6, 6.07) is 0.694. The van der Waals surface area contributed by atoms with E-state index in [-0.39, 0.29) is 0 Å². The number of hydrogen-bond donors (Lipinski definition) is 1. The van der Waals surface area contributed by atoms with E-state index in [1.165, 1.54) is 38.5 Å². The maximum atomic E-state index is 3.44. The van der Waals surface area contributed by atoms with E-state index >= 15 is 0 Å². The summed E-state index contributed by atoms with van der Waals surface area (Å²) in [4.78, 5) is 0. The lowest BCUT2D eigenvalue weighted by Gasteiger charge is -2.21. The molecule has 1 rings (SSSR count). The monoisotopic (exact) mass is 195 g/mol. The van der Waals surface area contributed by atoms with Crippen molar-refractivity contribution in [2.24, 2.45) is 5.92 Å². The molecule has 0 fully saturated rings. The van der Waals surface area contributed by atoms with E-state index in [2.05, 4.69) is 32.3 Å².